The molecule has 2 aromatic heterocycles. The number of nitrogens with two attached hydrogens (primary N) is 1. The van der Waals surface area contributed by atoms with Gasteiger partial charge in [0.1, 0.15) is 23.2 Å². The van der Waals surface area contributed by atoms with Crippen molar-refractivity contribution in [1.82, 2.24) is 9.97 Å². The number of hydrogen-bond donors (Lipinski definition) is 1. The first-order chi connectivity index (χ1) is 8.78. The van der Waals surface area contributed by atoms with Gasteiger partial charge in [-0.15, -0.1) is 0 Å². The summed E-state index contributed by atoms with van der Waals surface area (Å²) in [6, 6.07) is 5.55. The Labute approximate surface area is 110 Å². The van der Waals surface area contributed by atoms with E-state index in [1.807, 2.05) is 19.1 Å². The van der Waals surface area contributed by atoms with E-state index < -0.39 is 0 Å². The first kappa shape index (κ1) is 12.9. The summed E-state index contributed by atoms with van der Waals surface area (Å²) in [5.41, 5.74) is 5.74. The Balaban J connectivity index is 2.00. The van der Waals surface area contributed by atoms with E-state index in [1.54, 1.807) is 24.1 Å². The second-order valence-electron chi connectivity index (χ2n) is 3.55. The smallest absolute Gasteiger partial charge is 0.157 e. The molecule has 0 saturated carbocycles. The molecule has 96 valence electrons. The van der Waals surface area contributed by atoms with Crippen molar-refractivity contribution < 1.29 is 9.15 Å². The van der Waals surface area contributed by atoms with Gasteiger partial charge in [-0.2, -0.15) is 0 Å². The van der Waals surface area contributed by atoms with Crippen molar-refractivity contribution in [3.63, 3.8) is 0 Å². The highest BCUT2D eigenvalue weighted by atomic mass is 32.2. The fraction of sp³-hybridized carbons (Fsp3) is 0.333. The lowest BCUT2D eigenvalue weighted by atomic mass is 10.5. The quantitative estimate of drug-likeness (QED) is 0.639. The van der Waals surface area contributed by atoms with Crippen LogP contribution in [-0.2, 0) is 17.1 Å². The Bertz CT molecular complexity index is 488. The number of ether oxygens (including phenoxy) is 1. The molecule has 0 radical (unpaired) electrons. The molecule has 0 aromatic carbocycles. The van der Waals surface area contributed by atoms with Crippen molar-refractivity contribution in [2.75, 3.05) is 12.3 Å². The number of thioether (sulfide) groups is 1. The highest BCUT2D eigenvalue weighted by Crippen LogP contribution is 2.22. The minimum atomic E-state index is 0.385. The van der Waals surface area contributed by atoms with Crippen molar-refractivity contribution >= 4 is 17.6 Å². The molecule has 2 rings (SSSR count). The van der Waals surface area contributed by atoms with Crippen LogP contribution in [0.2, 0.25) is 0 Å². The molecule has 0 unspecified atom stereocenters. The summed E-state index contributed by atoms with van der Waals surface area (Å²) in [5, 5.41) is 0.827. The van der Waals surface area contributed by atoms with Gasteiger partial charge in [0.2, 0.25) is 0 Å². The van der Waals surface area contributed by atoms with Crippen LogP contribution >= 0.6 is 11.8 Å². The second kappa shape index (κ2) is 6.42. The summed E-state index contributed by atoms with van der Waals surface area (Å²) in [6.07, 6.45) is 1.66. The second-order valence-corrected chi connectivity index (χ2v) is 4.55. The van der Waals surface area contributed by atoms with Gasteiger partial charge in [-0.25, -0.2) is 9.97 Å². The van der Waals surface area contributed by atoms with Crippen LogP contribution in [0.1, 0.15) is 18.5 Å². The Morgan fingerprint density at radius 1 is 1.44 bits per heavy atom. The zero-order chi connectivity index (χ0) is 12.8. The maximum absolute atomic E-state index is 5.74. The maximum atomic E-state index is 5.74. The lowest BCUT2D eigenvalue weighted by molar-refractivity contribution is 0.128. The number of nitrogen functional groups attached to an aromatic ring is 1. The fourth-order valence-electron chi connectivity index (χ4n) is 1.36. The van der Waals surface area contributed by atoms with Gasteiger partial charge >= 0.3 is 0 Å². The third-order valence-electron chi connectivity index (χ3n) is 2.15. The molecule has 18 heavy (non-hydrogen) atoms. The predicted octanol–water partition coefficient (Wildman–Crippen LogP) is 2.48. The number of nitrogens with zero attached hydrogens (tertiary/aromatic N) is 2. The van der Waals surface area contributed by atoms with E-state index in [4.69, 9.17) is 14.9 Å². The average molecular weight is 265 g/mol. The van der Waals surface area contributed by atoms with Crippen LogP contribution in [0.25, 0.3) is 0 Å². The van der Waals surface area contributed by atoms with E-state index >= 15 is 0 Å². The minimum Gasteiger partial charge on any atom is -0.468 e. The van der Waals surface area contributed by atoms with Crippen LogP contribution in [-0.4, -0.2) is 16.6 Å². The zero-order valence-electron chi connectivity index (χ0n) is 10.1. The van der Waals surface area contributed by atoms with E-state index in [-0.39, 0.29) is 0 Å². The minimum absolute atomic E-state index is 0.385. The van der Waals surface area contributed by atoms with Gasteiger partial charge < -0.3 is 14.9 Å². The first-order valence-corrected chi connectivity index (χ1v) is 6.63. The van der Waals surface area contributed by atoms with Gasteiger partial charge in [-0.1, -0.05) is 11.8 Å². The predicted molar refractivity (Wildman–Crippen MR) is 70.0 cm³/mol. The van der Waals surface area contributed by atoms with Gasteiger partial charge in [0.05, 0.1) is 12.0 Å². The fourth-order valence-corrected chi connectivity index (χ4v) is 2.19. The Kier molecular flexibility index (Phi) is 4.60. The summed E-state index contributed by atoms with van der Waals surface area (Å²) >= 11 is 1.56. The normalized spacial score (nSPS) is 10.7. The van der Waals surface area contributed by atoms with Crippen molar-refractivity contribution in [3.05, 3.63) is 36.0 Å². The standard InChI is InChI=1S/C12H15N3O2S/c1-2-16-7-11-14-10(13)6-12(15-11)18-8-9-4-3-5-17-9/h3-6H,2,7-8H2,1H3,(H2,13,14,15). The molecule has 2 N–H and O–H groups in total. The Morgan fingerprint density at radius 2 is 2.33 bits per heavy atom. The van der Waals surface area contributed by atoms with E-state index in [1.165, 1.54) is 0 Å². The van der Waals surface area contributed by atoms with Gasteiger partial charge in [0.25, 0.3) is 0 Å². The van der Waals surface area contributed by atoms with Crippen LogP contribution in [0, 0.1) is 0 Å². The summed E-state index contributed by atoms with van der Waals surface area (Å²) in [6.45, 7) is 2.95. The third kappa shape index (κ3) is 3.75. The van der Waals surface area contributed by atoms with Gasteiger partial charge in [0, 0.05) is 12.7 Å². The number of hydrogen-bond acceptors (Lipinski definition) is 6. The van der Waals surface area contributed by atoms with Crippen molar-refractivity contribution in [3.8, 4) is 0 Å². The molecule has 0 bridgehead atoms. The molecule has 0 aliphatic heterocycles. The van der Waals surface area contributed by atoms with E-state index in [9.17, 15) is 0 Å². The van der Waals surface area contributed by atoms with Crippen LogP contribution in [0.15, 0.2) is 33.9 Å². The molecule has 0 aliphatic rings. The van der Waals surface area contributed by atoms with E-state index in [0.717, 1.165) is 16.5 Å². The lowest BCUT2D eigenvalue weighted by Gasteiger charge is -2.05. The molecule has 0 saturated heterocycles. The summed E-state index contributed by atoms with van der Waals surface area (Å²) in [5.74, 6) is 2.70. The third-order valence-corrected chi connectivity index (χ3v) is 3.08. The number of aromatic nitrogens is 2. The van der Waals surface area contributed by atoms with E-state index in [2.05, 4.69) is 9.97 Å². The number of anilines is 1. The summed E-state index contributed by atoms with van der Waals surface area (Å²) < 4.78 is 10.5. The summed E-state index contributed by atoms with van der Waals surface area (Å²) in [4.78, 5) is 8.50. The molecule has 2 aromatic rings. The molecule has 0 atom stereocenters. The first-order valence-electron chi connectivity index (χ1n) is 5.64. The number of rotatable bonds is 6. The van der Waals surface area contributed by atoms with Gasteiger partial charge in [-0.3, -0.25) is 0 Å². The van der Waals surface area contributed by atoms with Crippen LogP contribution in [0.3, 0.4) is 0 Å². The lowest BCUT2D eigenvalue weighted by Crippen LogP contribution is -2.03. The highest BCUT2D eigenvalue weighted by molar-refractivity contribution is 7.98. The average Bonchev–Trinajstić information content (AvgIpc) is 2.86. The van der Waals surface area contributed by atoms with Crippen molar-refractivity contribution in [1.29, 1.82) is 0 Å². The van der Waals surface area contributed by atoms with Crippen LogP contribution < -0.4 is 5.73 Å². The molecule has 5 nitrogen and oxygen atoms in total. The molecule has 0 fully saturated rings. The largest absolute Gasteiger partial charge is 0.468 e. The van der Waals surface area contributed by atoms with Crippen LogP contribution in [0.4, 0.5) is 5.82 Å². The van der Waals surface area contributed by atoms with Crippen molar-refractivity contribution in [2.45, 2.75) is 24.3 Å². The van der Waals surface area contributed by atoms with Gasteiger partial charge in [0.15, 0.2) is 5.82 Å². The molecular weight excluding hydrogens is 250 g/mol. The molecule has 0 spiro atoms. The summed E-state index contributed by atoms with van der Waals surface area (Å²) in [7, 11) is 0. The van der Waals surface area contributed by atoms with Crippen LogP contribution in [0.5, 0.6) is 0 Å². The monoisotopic (exact) mass is 265 g/mol. The highest BCUT2D eigenvalue weighted by Gasteiger charge is 2.05. The van der Waals surface area contributed by atoms with Crippen molar-refractivity contribution in [2.24, 2.45) is 0 Å². The zero-order valence-corrected chi connectivity index (χ0v) is 10.9. The Morgan fingerprint density at radius 3 is 3.06 bits per heavy atom. The molecule has 0 aliphatic carbocycles. The topological polar surface area (TPSA) is 74.2 Å². The van der Waals surface area contributed by atoms with Gasteiger partial charge in [-0.05, 0) is 19.1 Å². The molecular formula is C12H15N3O2S. The SMILES string of the molecule is CCOCc1nc(N)cc(SCc2ccco2)n1. The van der Waals surface area contributed by atoms with E-state index in [0.29, 0.717) is 24.9 Å². The molecule has 2 heterocycles. The molecule has 6 heteroatoms. The Hall–Kier alpha value is -1.53. The maximum Gasteiger partial charge on any atom is 0.157 e. The molecule has 0 amide bonds. The number of furan rings is 1.